The summed E-state index contributed by atoms with van der Waals surface area (Å²) in [5.41, 5.74) is 7.24. The highest BCUT2D eigenvalue weighted by molar-refractivity contribution is 5.88. The van der Waals surface area contributed by atoms with E-state index in [1.807, 2.05) is 48.5 Å². The van der Waals surface area contributed by atoms with Crippen LogP contribution >= 0.6 is 0 Å². The molecular formula is C27H19NO. The lowest BCUT2D eigenvalue weighted by molar-refractivity contribution is 0.620. The summed E-state index contributed by atoms with van der Waals surface area (Å²) in [4.78, 5) is 4.71. The first-order valence-corrected chi connectivity index (χ1v) is 9.66. The lowest BCUT2D eigenvalue weighted by Crippen LogP contribution is -1.88. The number of hydrogen-bond donors (Lipinski definition) is 0. The molecule has 5 rings (SSSR count). The molecule has 0 atom stereocenters. The van der Waals surface area contributed by atoms with E-state index < -0.39 is 0 Å². The third-order valence-electron chi connectivity index (χ3n) is 4.96. The molecule has 1 aromatic heterocycles. The minimum absolute atomic E-state index is 0.642. The molecule has 0 radical (unpaired) electrons. The summed E-state index contributed by atoms with van der Waals surface area (Å²) in [7, 11) is 0. The lowest BCUT2D eigenvalue weighted by Gasteiger charge is -2.10. The van der Waals surface area contributed by atoms with Gasteiger partial charge in [0.05, 0.1) is 0 Å². The minimum atomic E-state index is 0.642. The van der Waals surface area contributed by atoms with Crippen LogP contribution < -0.4 is 0 Å². The van der Waals surface area contributed by atoms with Crippen molar-refractivity contribution in [3.05, 3.63) is 114 Å². The number of nitrogens with zero attached hydrogens (tertiary/aromatic N) is 1. The number of fused-ring (bicyclic) bond motifs is 1. The van der Waals surface area contributed by atoms with Crippen LogP contribution in [0.25, 0.3) is 45.8 Å². The minimum Gasteiger partial charge on any atom is -0.436 e. The van der Waals surface area contributed by atoms with E-state index in [-0.39, 0.29) is 0 Å². The number of para-hydroxylation sites is 2. The number of hydrogen-bond acceptors (Lipinski definition) is 2. The fourth-order valence-electron chi connectivity index (χ4n) is 3.53. The highest BCUT2D eigenvalue weighted by atomic mass is 16.3. The van der Waals surface area contributed by atoms with Crippen molar-refractivity contribution in [3.63, 3.8) is 0 Å². The molecule has 0 N–H and O–H groups in total. The average Bonchev–Trinajstić information content (AvgIpc) is 3.23. The molecular weight excluding hydrogens is 354 g/mol. The Hall–Kier alpha value is -3.91. The first-order chi connectivity index (χ1) is 14.4. The SMILES string of the molecule is C(=C\c1ccccc1-c1ccccc1-c1nc2ccccc2o1)/c1ccccc1. The van der Waals surface area contributed by atoms with E-state index in [4.69, 9.17) is 9.40 Å². The van der Waals surface area contributed by atoms with Crippen LogP contribution in [0.1, 0.15) is 11.1 Å². The van der Waals surface area contributed by atoms with Crippen molar-refractivity contribution < 1.29 is 4.42 Å². The summed E-state index contributed by atoms with van der Waals surface area (Å²) in [6.07, 6.45) is 4.30. The zero-order valence-corrected chi connectivity index (χ0v) is 15.8. The van der Waals surface area contributed by atoms with Crippen molar-refractivity contribution in [1.29, 1.82) is 0 Å². The van der Waals surface area contributed by atoms with Gasteiger partial charge in [0.25, 0.3) is 0 Å². The molecule has 29 heavy (non-hydrogen) atoms. The molecule has 0 aliphatic carbocycles. The van der Waals surface area contributed by atoms with Gasteiger partial charge in [-0.25, -0.2) is 4.98 Å². The van der Waals surface area contributed by atoms with Crippen molar-refractivity contribution in [3.8, 4) is 22.6 Å². The first kappa shape index (κ1) is 17.2. The van der Waals surface area contributed by atoms with Gasteiger partial charge in [0, 0.05) is 5.56 Å². The second-order valence-corrected chi connectivity index (χ2v) is 6.86. The zero-order valence-electron chi connectivity index (χ0n) is 15.8. The molecule has 0 fully saturated rings. The summed E-state index contributed by atoms with van der Waals surface area (Å²) >= 11 is 0. The van der Waals surface area contributed by atoms with E-state index in [9.17, 15) is 0 Å². The third-order valence-corrected chi connectivity index (χ3v) is 4.96. The summed E-state index contributed by atoms with van der Waals surface area (Å²) in [5, 5.41) is 0. The van der Waals surface area contributed by atoms with Crippen LogP contribution in [-0.4, -0.2) is 4.98 Å². The molecule has 2 heteroatoms. The van der Waals surface area contributed by atoms with Gasteiger partial charge in [-0.15, -0.1) is 0 Å². The molecule has 0 aliphatic heterocycles. The van der Waals surface area contributed by atoms with Crippen molar-refractivity contribution >= 4 is 23.3 Å². The van der Waals surface area contributed by atoms with Crippen LogP contribution in [0.5, 0.6) is 0 Å². The Bertz CT molecular complexity index is 1270. The Morgan fingerprint density at radius 3 is 2.03 bits per heavy atom. The van der Waals surface area contributed by atoms with Gasteiger partial charge in [0.2, 0.25) is 5.89 Å². The maximum absolute atomic E-state index is 6.06. The van der Waals surface area contributed by atoms with E-state index in [1.54, 1.807) is 0 Å². The molecule has 0 spiro atoms. The molecule has 0 saturated heterocycles. The maximum Gasteiger partial charge on any atom is 0.227 e. The van der Waals surface area contributed by atoms with Gasteiger partial charge < -0.3 is 4.42 Å². The van der Waals surface area contributed by atoms with E-state index in [0.717, 1.165) is 33.4 Å². The molecule has 4 aromatic carbocycles. The van der Waals surface area contributed by atoms with Gasteiger partial charge in [-0.1, -0.05) is 97.1 Å². The third kappa shape index (κ3) is 3.48. The van der Waals surface area contributed by atoms with Crippen molar-refractivity contribution in [2.24, 2.45) is 0 Å². The fourth-order valence-corrected chi connectivity index (χ4v) is 3.53. The smallest absolute Gasteiger partial charge is 0.227 e. The molecule has 0 amide bonds. The van der Waals surface area contributed by atoms with Crippen LogP contribution in [0, 0.1) is 0 Å². The largest absolute Gasteiger partial charge is 0.436 e. The van der Waals surface area contributed by atoms with Crippen LogP contribution in [0.15, 0.2) is 108 Å². The van der Waals surface area contributed by atoms with Crippen molar-refractivity contribution in [2.45, 2.75) is 0 Å². The summed E-state index contributed by atoms with van der Waals surface area (Å²) in [5.74, 6) is 0.642. The standard InChI is InChI=1S/C27H19NO/c1-2-10-20(11-3-1)18-19-21-12-4-5-13-22(21)23-14-6-7-15-24(23)27-28-25-16-8-9-17-26(25)29-27/h1-19H/b19-18+. The first-order valence-electron chi connectivity index (χ1n) is 9.66. The monoisotopic (exact) mass is 373 g/mol. The number of rotatable bonds is 4. The molecule has 0 aliphatic rings. The van der Waals surface area contributed by atoms with Gasteiger partial charge in [0.1, 0.15) is 5.52 Å². The quantitative estimate of drug-likeness (QED) is 0.308. The van der Waals surface area contributed by atoms with E-state index in [0.29, 0.717) is 5.89 Å². The predicted octanol–water partition coefficient (Wildman–Crippen LogP) is 7.33. The average molecular weight is 373 g/mol. The highest BCUT2D eigenvalue weighted by Gasteiger charge is 2.14. The molecule has 0 bridgehead atoms. The Labute approximate surface area is 169 Å². The van der Waals surface area contributed by atoms with Gasteiger partial charge in [0.15, 0.2) is 5.58 Å². The lowest BCUT2D eigenvalue weighted by atomic mass is 9.95. The number of aromatic nitrogens is 1. The van der Waals surface area contributed by atoms with Crippen molar-refractivity contribution in [2.75, 3.05) is 0 Å². The zero-order chi connectivity index (χ0) is 19.5. The number of oxazole rings is 1. The Kier molecular flexibility index (Phi) is 4.51. The topological polar surface area (TPSA) is 26.0 Å². The van der Waals surface area contributed by atoms with Crippen LogP contribution in [0.3, 0.4) is 0 Å². The normalized spacial score (nSPS) is 11.3. The second-order valence-electron chi connectivity index (χ2n) is 6.86. The van der Waals surface area contributed by atoms with Crippen LogP contribution in [-0.2, 0) is 0 Å². The summed E-state index contributed by atoms with van der Waals surface area (Å²) < 4.78 is 6.06. The second kappa shape index (κ2) is 7.61. The maximum atomic E-state index is 6.06. The van der Waals surface area contributed by atoms with Crippen LogP contribution in [0.4, 0.5) is 0 Å². The molecule has 1 heterocycles. The van der Waals surface area contributed by atoms with Gasteiger partial charge in [-0.3, -0.25) is 0 Å². The van der Waals surface area contributed by atoms with Gasteiger partial charge in [-0.2, -0.15) is 0 Å². The Balaban J connectivity index is 1.62. The molecule has 2 nitrogen and oxygen atoms in total. The van der Waals surface area contributed by atoms with Crippen LogP contribution in [0.2, 0.25) is 0 Å². The number of benzene rings is 4. The van der Waals surface area contributed by atoms with E-state index in [2.05, 4.69) is 66.7 Å². The highest BCUT2D eigenvalue weighted by Crippen LogP contribution is 2.35. The molecule has 138 valence electrons. The fraction of sp³-hybridized carbons (Fsp3) is 0. The predicted molar refractivity (Wildman–Crippen MR) is 120 cm³/mol. The van der Waals surface area contributed by atoms with E-state index >= 15 is 0 Å². The Morgan fingerprint density at radius 1 is 0.552 bits per heavy atom. The summed E-state index contributed by atoms with van der Waals surface area (Å²) in [6, 6.07) is 34.9. The van der Waals surface area contributed by atoms with Gasteiger partial charge >= 0.3 is 0 Å². The van der Waals surface area contributed by atoms with Gasteiger partial charge in [-0.05, 0) is 40.5 Å². The van der Waals surface area contributed by atoms with E-state index in [1.165, 1.54) is 5.56 Å². The Morgan fingerprint density at radius 2 is 1.21 bits per heavy atom. The molecule has 0 unspecified atom stereocenters. The van der Waals surface area contributed by atoms with Crippen molar-refractivity contribution in [1.82, 2.24) is 4.98 Å². The summed E-state index contributed by atoms with van der Waals surface area (Å²) in [6.45, 7) is 0. The molecule has 0 saturated carbocycles. The molecule has 5 aromatic rings.